The number of amides is 1. The highest BCUT2D eigenvalue weighted by Crippen LogP contribution is 2.30. The Bertz CT molecular complexity index is 1480. The Labute approximate surface area is 216 Å². The van der Waals surface area contributed by atoms with Gasteiger partial charge in [-0.25, -0.2) is 4.98 Å². The van der Waals surface area contributed by atoms with Gasteiger partial charge < -0.3 is 19.4 Å². The van der Waals surface area contributed by atoms with Crippen LogP contribution < -0.4 is 15.5 Å². The molecule has 1 amide bonds. The Morgan fingerprint density at radius 1 is 1.16 bits per heavy atom. The first-order valence-electron chi connectivity index (χ1n) is 11.4. The Balaban J connectivity index is 1.27. The van der Waals surface area contributed by atoms with Crippen LogP contribution in [-0.4, -0.2) is 52.2 Å². The second kappa shape index (κ2) is 10.3. The largest absolute Gasteiger partial charge is 0.434 e. The first-order chi connectivity index (χ1) is 17.9. The van der Waals surface area contributed by atoms with E-state index in [2.05, 4.69) is 20.6 Å². The lowest BCUT2D eigenvalue weighted by molar-refractivity contribution is -0.384. The van der Waals surface area contributed by atoms with Crippen LogP contribution in [-0.2, 0) is 4.74 Å². The van der Waals surface area contributed by atoms with Crippen LogP contribution in [0.2, 0.25) is 0 Å². The van der Waals surface area contributed by atoms with Gasteiger partial charge in [0, 0.05) is 42.2 Å². The molecule has 11 nitrogen and oxygen atoms in total. The summed E-state index contributed by atoms with van der Waals surface area (Å²) in [7, 11) is 0. The summed E-state index contributed by atoms with van der Waals surface area (Å²) in [5.74, 6) is -0.108. The first-order valence-corrected chi connectivity index (χ1v) is 11.9. The second-order valence-corrected chi connectivity index (χ2v) is 8.75. The molecule has 188 valence electrons. The van der Waals surface area contributed by atoms with E-state index in [1.54, 1.807) is 36.5 Å². The summed E-state index contributed by atoms with van der Waals surface area (Å²) in [6.45, 7) is 3.95. The number of fused-ring (bicyclic) bond motifs is 1. The fourth-order valence-electron chi connectivity index (χ4n) is 4.04. The van der Waals surface area contributed by atoms with E-state index in [4.69, 9.17) is 21.4 Å². The van der Waals surface area contributed by atoms with Crippen LogP contribution in [0.4, 0.5) is 17.1 Å². The quantitative estimate of drug-likeness (QED) is 0.226. The van der Waals surface area contributed by atoms with Crippen molar-refractivity contribution in [3.63, 3.8) is 0 Å². The lowest BCUT2D eigenvalue weighted by Crippen LogP contribution is -2.37. The van der Waals surface area contributed by atoms with Crippen LogP contribution in [0.5, 0.6) is 0 Å². The molecule has 5 rings (SSSR count). The van der Waals surface area contributed by atoms with Crippen molar-refractivity contribution in [2.24, 2.45) is 0 Å². The maximum Gasteiger partial charge on any atom is 0.293 e. The zero-order valence-electron chi connectivity index (χ0n) is 19.8. The molecule has 0 radical (unpaired) electrons. The van der Waals surface area contributed by atoms with Crippen molar-refractivity contribution >= 4 is 51.5 Å². The minimum Gasteiger partial charge on any atom is -0.434 e. The lowest BCUT2D eigenvalue weighted by atomic mass is 10.1. The molecule has 1 aliphatic heterocycles. The molecule has 0 atom stereocenters. The van der Waals surface area contributed by atoms with Gasteiger partial charge in [-0.05, 0) is 67.2 Å². The van der Waals surface area contributed by atoms with Gasteiger partial charge in [-0.15, -0.1) is 0 Å². The third kappa shape index (κ3) is 5.25. The van der Waals surface area contributed by atoms with Gasteiger partial charge in [0.05, 0.1) is 18.1 Å². The summed E-state index contributed by atoms with van der Waals surface area (Å²) in [5, 5.41) is 17.3. The van der Waals surface area contributed by atoms with Gasteiger partial charge >= 0.3 is 0 Å². The average molecular weight is 519 g/mol. The molecule has 12 heteroatoms. The van der Waals surface area contributed by atoms with Crippen LogP contribution in [0.15, 0.2) is 59.1 Å². The molecule has 4 aromatic rings. The number of carbonyl (C=O) groups is 1. The molecule has 2 aromatic heterocycles. The highest BCUT2D eigenvalue weighted by atomic mass is 32.1. The van der Waals surface area contributed by atoms with Crippen molar-refractivity contribution in [2.75, 3.05) is 36.5 Å². The molecule has 2 N–H and O–H groups in total. The van der Waals surface area contributed by atoms with E-state index in [-0.39, 0.29) is 16.4 Å². The fourth-order valence-corrected chi connectivity index (χ4v) is 4.24. The van der Waals surface area contributed by atoms with Crippen molar-refractivity contribution in [3.05, 3.63) is 76.0 Å². The number of thiocarbonyl (C=S) groups is 1. The highest BCUT2D eigenvalue weighted by Gasteiger charge is 2.23. The topological polar surface area (TPSA) is 136 Å². The summed E-state index contributed by atoms with van der Waals surface area (Å²) in [6, 6.07) is 13.5. The number of hydrogen-bond acceptors (Lipinski definition) is 9. The Hall–Kier alpha value is -4.42. The number of nitro groups is 1. The van der Waals surface area contributed by atoms with Gasteiger partial charge in [-0.3, -0.25) is 20.2 Å². The van der Waals surface area contributed by atoms with Crippen LogP contribution in [0.3, 0.4) is 0 Å². The zero-order valence-corrected chi connectivity index (χ0v) is 20.6. The van der Waals surface area contributed by atoms with Crippen molar-refractivity contribution in [1.29, 1.82) is 0 Å². The van der Waals surface area contributed by atoms with Crippen molar-refractivity contribution < 1.29 is 18.9 Å². The van der Waals surface area contributed by atoms with Gasteiger partial charge in [0.2, 0.25) is 5.89 Å². The molecular formula is C25H22N6O5S. The van der Waals surface area contributed by atoms with Crippen molar-refractivity contribution in [3.8, 4) is 11.5 Å². The normalized spacial score (nSPS) is 13.4. The third-order valence-electron chi connectivity index (χ3n) is 5.90. The number of aryl methyl sites for hydroxylation is 1. The summed E-state index contributed by atoms with van der Waals surface area (Å²) >= 11 is 5.32. The fraction of sp³-hybridized carbons (Fsp3) is 0.200. The number of anilines is 2. The molecule has 2 aromatic carbocycles. The number of aromatic nitrogens is 2. The van der Waals surface area contributed by atoms with Crippen molar-refractivity contribution in [2.45, 2.75) is 6.92 Å². The van der Waals surface area contributed by atoms with Gasteiger partial charge in [0.25, 0.3) is 11.6 Å². The third-order valence-corrected chi connectivity index (χ3v) is 6.10. The standard InChI is InChI=1S/C25H22N6O5S/c1-15-13-17(24-28-22-21(36-24)3-2-8-26-22)4-6-18(15)27-25(37)29-23(32)16-5-7-19(20(14-16)31(33)34)30-9-11-35-12-10-30/h2-8,13-14H,9-12H2,1H3,(H2,27,29,32,37). The van der Waals surface area contributed by atoms with E-state index in [0.717, 1.165) is 11.1 Å². The smallest absolute Gasteiger partial charge is 0.293 e. The highest BCUT2D eigenvalue weighted by molar-refractivity contribution is 7.80. The van der Waals surface area contributed by atoms with Gasteiger partial charge in [-0.2, -0.15) is 4.98 Å². The van der Waals surface area contributed by atoms with E-state index in [1.807, 2.05) is 24.0 Å². The van der Waals surface area contributed by atoms with Crippen LogP contribution in [0.1, 0.15) is 15.9 Å². The molecular weight excluding hydrogens is 496 g/mol. The molecule has 0 spiro atoms. The number of carbonyl (C=O) groups excluding carboxylic acids is 1. The molecule has 1 saturated heterocycles. The second-order valence-electron chi connectivity index (χ2n) is 8.34. The summed E-state index contributed by atoms with van der Waals surface area (Å²) in [6.07, 6.45) is 1.65. The molecule has 1 fully saturated rings. The maximum atomic E-state index is 12.8. The first kappa shape index (κ1) is 24.3. The Kier molecular flexibility index (Phi) is 6.75. The number of nitrogens with zero attached hydrogens (tertiary/aromatic N) is 4. The monoisotopic (exact) mass is 518 g/mol. The molecule has 0 unspecified atom stereocenters. The number of rotatable bonds is 5. The van der Waals surface area contributed by atoms with Crippen LogP contribution in [0.25, 0.3) is 22.7 Å². The molecule has 3 heterocycles. The Morgan fingerprint density at radius 3 is 2.70 bits per heavy atom. The number of pyridine rings is 1. The zero-order chi connectivity index (χ0) is 25.9. The van der Waals surface area contributed by atoms with E-state index in [1.165, 1.54) is 6.07 Å². The van der Waals surface area contributed by atoms with Crippen molar-refractivity contribution in [1.82, 2.24) is 15.3 Å². The van der Waals surface area contributed by atoms with E-state index >= 15 is 0 Å². The SMILES string of the molecule is Cc1cc(-c2nc3ncccc3o2)ccc1NC(=S)NC(=O)c1ccc(N2CCOCC2)c([N+](=O)[O-])c1. The number of hydrogen-bond donors (Lipinski definition) is 2. The number of nitro benzene ring substituents is 1. The summed E-state index contributed by atoms with van der Waals surface area (Å²) in [4.78, 5) is 34.5. The summed E-state index contributed by atoms with van der Waals surface area (Å²) < 4.78 is 11.1. The van der Waals surface area contributed by atoms with E-state index in [9.17, 15) is 14.9 Å². The molecule has 0 bridgehead atoms. The molecule has 0 aliphatic carbocycles. The molecule has 1 aliphatic rings. The number of benzene rings is 2. The minimum absolute atomic E-state index is 0.0619. The number of oxazole rings is 1. The minimum atomic E-state index is -0.553. The van der Waals surface area contributed by atoms with Gasteiger partial charge in [-0.1, -0.05) is 0 Å². The van der Waals surface area contributed by atoms with Crippen LogP contribution in [0, 0.1) is 17.0 Å². The van der Waals surface area contributed by atoms with Gasteiger partial charge in [0.1, 0.15) is 5.69 Å². The van der Waals surface area contributed by atoms with Gasteiger partial charge in [0.15, 0.2) is 16.3 Å². The average Bonchev–Trinajstić information content (AvgIpc) is 3.34. The predicted molar refractivity (Wildman–Crippen MR) is 142 cm³/mol. The summed E-state index contributed by atoms with van der Waals surface area (Å²) in [5.41, 5.74) is 3.85. The van der Waals surface area contributed by atoms with E-state index in [0.29, 0.717) is 54.8 Å². The lowest BCUT2D eigenvalue weighted by Gasteiger charge is -2.28. The maximum absolute atomic E-state index is 12.8. The number of morpholine rings is 1. The predicted octanol–water partition coefficient (Wildman–Crippen LogP) is 4.07. The van der Waals surface area contributed by atoms with E-state index < -0.39 is 10.8 Å². The molecule has 37 heavy (non-hydrogen) atoms. The molecule has 0 saturated carbocycles. The number of ether oxygens (including phenoxy) is 1. The Morgan fingerprint density at radius 2 is 1.97 bits per heavy atom. The van der Waals surface area contributed by atoms with Crippen LogP contribution >= 0.6 is 12.2 Å². The number of nitrogens with one attached hydrogen (secondary N) is 2.